The van der Waals surface area contributed by atoms with Gasteiger partial charge < -0.3 is 20.3 Å². The quantitative estimate of drug-likeness (QED) is 0.586. The lowest BCUT2D eigenvalue weighted by Gasteiger charge is -2.41. The highest BCUT2D eigenvalue weighted by Gasteiger charge is 2.42. The van der Waals surface area contributed by atoms with Gasteiger partial charge in [0.1, 0.15) is 0 Å². The second kappa shape index (κ2) is 7.94. The maximum atomic E-state index is 11.7. The zero-order valence-corrected chi connectivity index (χ0v) is 15.9. The Labute approximate surface area is 151 Å². The number of methoxy groups -OCH3 is 1. The molecule has 0 radical (unpaired) electrons. The third-order valence-corrected chi connectivity index (χ3v) is 6.49. The molecular formula is C19H34N4O2. The molecule has 1 atom stereocenters. The van der Waals surface area contributed by atoms with Crippen LogP contribution >= 0.6 is 0 Å². The van der Waals surface area contributed by atoms with Crippen molar-refractivity contribution >= 4 is 11.9 Å². The zero-order chi connectivity index (χ0) is 17.8. The topological polar surface area (TPSA) is 66.0 Å². The zero-order valence-electron chi connectivity index (χ0n) is 15.9. The van der Waals surface area contributed by atoms with Crippen LogP contribution in [0.1, 0.15) is 51.4 Å². The van der Waals surface area contributed by atoms with E-state index in [-0.39, 0.29) is 11.3 Å². The number of nitrogens with zero attached hydrogens (tertiary/aromatic N) is 2. The van der Waals surface area contributed by atoms with Gasteiger partial charge in [-0.05, 0) is 37.5 Å². The molecule has 0 aromatic heterocycles. The molecule has 1 aliphatic carbocycles. The summed E-state index contributed by atoms with van der Waals surface area (Å²) in [6.07, 6.45) is 9.26. The normalized spacial score (nSPS) is 29.3. The molecule has 2 saturated heterocycles. The molecule has 1 saturated carbocycles. The lowest BCUT2D eigenvalue weighted by atomic mass is 9.79. The van der Waals surface area contributed by atoms with E-state index in [9.17, 15) is 4.79 Å². The maximum Gasteiger partial charge on any atom is 0.220 e. The third-order valence-electron chi connectivity index (χ3n) is 6.49. The number of carbonyl (C=O) groups excluding carboxylic acids is 1. The first kappa shape index (κ1) is 18.5. The van der Waals surface area contributed by atoms with Gasteiger partial charge in [-0.25, -0.2) is 0 Å². The smallest absolute Gasteiger partial charge is 0.220 e. The number of hydrogen-bond donors (Lipinski definition) is 2. The van der Waals surface area contributed by atoms with Gasteiger partial charge in [0.05, 0.1) is 0 Å². The predicted octanol–water partition coefficient (Wildman–Crippen LogP) is 1.76. The van der Waals surface area contributed by atoms with Gasteiger partial charge in [-0.15, -0.1) is 0 Å². The second-order valence-corrected chi connectivity index (χ2v) is 8.33. The number of hydrogen-bond acceptors (Lipinski definition) is 3. The van der Waals surface area contributed by atoms with Crippen LogP contribution < -0.4 is 10.6 Å². The third kappa shape index (κ3) is 4.27. The standard InChI is InChI=1S/C19H34N4O2/c1-20-17(22-13-18(9-11-25-2)6-3-4-7-18)23-10-5-8-19(15-23)12-16(24)21-14-19/h3-15H2,1-2H3,(H,20,22)(H,21,24). The van der Waals surface area contributed by atoms with Gasteiger partial charge in [0.25, 0.3) is 0 Å². The van der Waals surface area contributed by atoms with Gasteiger partial charge in [-0.1, -0.05) is 12.8 Å². The van der Waals surface area contributed by atoms with Crippen molar-refractivity contribution in [2.75, 3.05) is 46.9 Å². The fourth-order valence-electron chi connectivity index (χ4n) is 4.99. The van der Waals surface area contributed by atoms with E-state index in [2.05, 4.69) is 20.5 Å². The number of amides is 1. The molecule has 3 rings (SSSR count). The summed E-state index contributed by atoms with van der Waals surface area (Å²) in [5.41, 5.74) is 0.457. The van der Waals surface area contributed by atoms with Gasteiger partial charge in [0, 0.05) is 58.8 Å². The lowest BCUT2D eigenvalue weighted by molar-refractivity contribution is -0.119. The molecule has 3 fully saturated rings. The molecule has 0 bridgehead atoms. The van der Waals surface area contributed by atoms with Crippen molar-refractivity contribution < 1.29 is 9.53 Å². The molecule has 2 N–H and O–H groups in total. The number of nitrogens with one attached hydrogen (secondary N) is 2. The van der Waals surface area contributed by atoms with Gasteiger partial charge in [-0.2, -0.15) is 0 Å². The number of ether oxygens (including phenoxy) is 1. The molecule has 1 amide bonds. The Morgan fingerprint density at radius 2 is 2.12 bits per heavy atom. The van der Waals surface area contributed by atoms with Crippen LogP contribution in [-0.2, 0) is 9.53 Å². The number of rotatable bonds is 5. The highest BCUT2D eigenvalue weighted by atomic mass is 16.5. The van der Waals surface area contributed by atoms with E-state index in [0.717, 1.165) is 58.0 Å². The molecule has 3 aliphatic rings. The Balaban J connectivity index is 1.59. The van der Waals surface area contributed by atoms with Gasteiger partial charge in [0.15, 0.2) is 5.96 Å². The molecule has 6 heteroatoms. The summed E-state index contributed by atoms with van der Waals surface area (Å²) in [6.45, 7) is 4.58. The molecule has 0 aromatic rings. The van der Waals surface area contributed by atoms with Gasteiger partial charge >= 0.3 is 0 Å². The van der Waals surface area contributed by atoms with Crippen LogP contribution in [0.3, 0.4) is 0 Å². The van der Waals surface area contributed by atoms with Crippen molar-refractivity contribution in [2.45, 2.75) is 51.4 Å². The minimum Gasteiger partial charge on any atom is -0.385 e. The Bertz CT molecular complexity index is 502. The van der Waals surface area contributed by atoms with E-state index >= 15 is 0 Å². The average molecular weight is 351 g/mol. The molecule has 1 unspecified atom stereocenters. The highest BCUT2D eigenvalue weighted by Crippen LogP contribution is 2.41. The Hall–Kier alpha value is -1.30. The molecular weight excluding hydrogens is 316 g/mol. The summed E-state index contributed by atoms with van der Waals surface area (Å²) in [6, 6.07) is 0. The number of piperidine rings is 1. The largest absolute Gasteiger partial charge is 0.385 e. The first-order valence-corrected chi connectivity index (χ1v) is 9.82. The minimum absolute atomic E-state index is 0.105. The van der Waals surface area contributed by atoms with Gasteiger partial charge in [-0.3, -0.25) is 9.79 Å². The van der Waals surface area contributed by atoms with Crippen LogP contribution in [0.25, 0.3) is 0 Å². The molecule has 1 spiro atoms. The van der Waals surface area contributed by atoms with E-state index in [1.54, 1.807) is 7.11 Å². The molecule has 0 aromatic carbocycles. The summed E-state index contributed by atoms with van der Waals surface area (Å²) in [5, 5.41) is 6.69. The highest BCUT2D eigenvalue weighted by molar-refractivity contribution is 5.81. The van der Waals surface area contributed by atoms with Crippen LogP contribution in [0, 0.1) is 10.8 Å². The predicted molar refractivity (Wildman–Crippen MR) is 99.6 cm³/mol. The molecule has 142 valence electrons. The van der Waals surface area contributed by atoms with E-state index in [0.29, 0.717) is 11.8 Å². The first-order chi connectivity index (χ1) is 12.1. The Kier molecular flexibility index (Phi) is 5.87. The molecule has 2 aliphatic heterocycles. The van der Waals surface area contributed by atoms with Crippen LogP contribution in [0.4, 0.5) is 0 Å². The summed E-state index contributed by atoms with van der Waals surface area (Å²) >= 11 is 0. The Morgan fingerprint density at radius 1 is 1.32 bits per heavy atom. The van der Waals surface area contributed by atoms with Crippen LogP contribution in [0.5, 0.6) is 0 Å². The fourth-order valence-corrected chi connectivity index (χ4v) is 4.99. The number of likely N-dealkylation sites (tertiary alicyclic amines) is 1. The van der Waals surface area contributed by atoms with Crippen LogP contribution in [-0.4, -0.2) is 63.7 Å². The first-order valence-electron chi connectivity index (χ1n) is 9.82. The summed E-state index contributed by atoms with van der Waals surface area (Å²) in [4.78, 5) is 18.6. The summed E-state index contributed by atoms with van der Waals surface area (Å²) in [7, 11) is 3.66. The van der Waals surface area contributed by atoms with Crippen molar-refractivity contribution in [1.29, 1.82) is 0 Å². The number of carbonyl (C=O) groups is 1. The molecule has 2 heterocycles. The molecule has 6 nitrogen and oxygen atoms in total. The fraction of sp³-hybridized carbons (Fsp3) is 0.895. The molecule has 25 heavy (non-hydrogen) atoms. The minimum atomic E-state index is 0.105. The van der Waals surface area contributed by atoms with E-state index in [1.165, 1.54) is 25.7 Å². The van der Waals surface area contributed by atoms with E-state index < -0.39 is 0 Å². The van der Waals surface area contributed by atoms with Crippen LogP contribution in [0.2, 0.25) is 0 Å². The van der Waals surface area contributed by atoms with E-state index in [4.69, 9.17) is 4.74 Å². The van der Waals surface area contributed by atoms with Crippen molar-refractivity contribution in [3.8, 4) is 0 Å². The maximum absolute atomic E-state index is 11.7. The van der Waals surface area contributed by atoms with Crippen LogP contribution in [0.15, 0.2) is 4.99 Å². The number of guanidine groups is 1. The summed E-state index contributed by atoms with van der Waals surface area (Å²) < 4.78 is 5.34. The summed E-state index contributed by atoms with van der Waals surface area (Å²) in [5.74, 6) is 1.20. The van der Waals surface area contributed by atoms with Crippen molar-refractivity contribution in [1.82, 2.24) is 15.5 Å². The lowest BCUT2D eigenvalue weighted by Crippen LogP contribution is -2.52. The number of aliphatic imine (C=N–C) groups is 1. The van der Waals surface area contributed by atoms with Crippen molar-refractivity contribution in [3.05, 3.63) is 0 Å². The SMILES string of the molecule is CN=C(NCC1(CCOC)CCCC1)N1CCCC2(CNC(=O)C2)C1. The van der Waals surface area contributed by atoms with E-state index in [1.807, 2.05) is 7.05 Å². The monoisotopic (exact) mass is 350 g/mol. The van der Waals surface area contributed by atoms with Crippen molar-refractivity contribution in [2.24, 2.45) is 15.8 Å². The van der Waals surface area contributed by atoms with Gasteiger partial charge in [0.2, 0.25) is 5.91 Å². The Morgan fingerprint density at radius 3 is 2.76 bits per heavy atom. The van der Waals surface area contributed by atoms with Crippen molar-refractivity contribution in [3.63, 3.8) is 0 Å². The average Bonchev–Trinajstić information content (AvgIpc) is 3.22. The second-order valence-electron chi connectivity index (χ2n) is 8.33.